The highest BCUT2D eigenvalue weighted by Gasteiger charge is 2.30. The maximum Gasteiger partial charge on any atom is 0.416 e. The van der Waals surface area contributed by atoms with Crippen LogP contribution in [0, 0.1) is 17.7 Å². The van der Waals surface area contributed by atoms with Crippen LogP contribution in [0.15, 0.2) is 53.9 Å². The normalized spacial score (nSPS) is 10.8. The highest BCUT2D eigenvalue weighted by Crippen LogP contribution is 2.29. The Bertz CT molecular complexity index is 1080. The molecule has 0 bridgehead atoms. The maximum atomic E-state index is 12.9. The Hall–Kier alpha value is -3.38. The number of aromatic nitrogens is 1. The number of carbonyl (C=O) groups excluding carboxylic acids is 1. The van der Waals surface area contributed by atoms with Crippen molar-refractivity contribution in [3.8, 4) is 17.6 Å². The number of nitrogens with one attached hydrogen (secondary N) is 1. The second-order valence-electron chi connectivity index (χ2n) is 5.93. The van der Waals surface area contributed by atoms with E-state index in [0.29, 0.717) is 10.8 Å². The van der Waals surface area contributed by atoms with Gasteiger partial charge in [0, 0.05) is 10.9 Å². The van der Waals surface area contributed by atoms with Crippen molar-refractivity contribution >= 4 is 17.2 Å². The summed E-state index contributed by atoms with van der Waals surface area (Å²) in [5.74, 6) is 4.84. The lowest BCUT2D eigenvalue weighted by Crippen LogP contribution is -2.24. The summed E-state index contributed by atoms with van der Waals surface area (Å²) in [6.45, 7) is 0.0763. The second-order valence-corrected chi connectivity index (χ2v) is 6.87. The zero-order valence-corrected chi connectivity index (χ0v) is 16.1. The van der Waals surface area contributed by atoms with E-state index in [0.717, 1.165) is 12.1 Å². The minimum atomic E-state index is -4.44. The number of benzene rings is 2. The molecule has 9 heteroatoms. The molecule has 1 amide bonds. The van der Waals surface area contributed by atoms with Gasteiger partial charge in [-0.3, -0.25) is 4.79 Å². The third-order valence-corrected chi connectivity index (χ3v) is 4.54. The molecule has 0 aliphatic heterocycles. The molecule has 1 aromatic heterocycles. The quantitative estimate of drug-likeness (QED) is 0.469. The Morgan fingerprint density at radius 3 is 2.67 bits per heavy atom. The molecule has 0 aliphatic rings. The van der Waals surface area contributed by atoms with Gasteiger partial charge in [0.05, 0.1) is 12.1 Å². The van der Waals surface area contributed by atoms with Crippen molar-refractivity contribution < 1.29 is 27.1 Å². The third kappa shape index (κ3) is 6.06. The molecule has 3 aromatic rings. The first kappa shape index (κ1) is 21.3. The topological polar surface area (TPSA) is 51.2 Å². The molecule has 0 radical (unpaired) electrons. The van der Waals surface area contributed by atoms with Gasteiger partial charge in [-0.05, 0) is 42.5 Å². The van der Waals surface area contributed by atoms with E-state index in [9.17, 15) is 22.4 Å². The highest BCUT2D eigenvalue weighted by atomic mass is 32.1. The molecule has 0 fully saturated rings. The largest absolute Gasteiger partial charge is 0.486 e. The molecule has 0 saturated carbocycles. The minimum Gasteiger partial charge on any atom is -0.486 e. The van der Waals surface area contributed by atoms with Gasteiger partial charge in [-0.2, -0.15) is 13.2 Å². The lowest BCUT2D eigenvalue weighted by atomic mass is 10.1. The summed E-state index contributed by atoms with van der Waals surface area (Å²) in [5.41, 5.74) is -0.400. The Kier molecular flexibility index (Phi) is 6.69. The summed E-state index contributed by atoms with van der Waals surface area (Å²) >= 11 is 1.23. The van der Waals surface area contributed by atoms with Crippen molar-refractivity contribution in [1.29, 1.82) is 0 Å². The second kappa shape index (κ2) is 9.41. The van der Waals surface area contributed by atoms with Crippen LogP contribution in [0.5, 0.6) is 5.75 Å². The number of rotatable bonds is 5. The molecule has 3 rings (SSSR count). The number of amides is 1. The SMILES string of the molecule is O=C(NCC#Cc1cccc(C(F)(F)F)c1)c1csc(COc2ccc(F)cc2)n1. The van der Waals surface area contributed by atoms with Gasteiger partial charge in [0.25, 0.3) is 5.91 Å². The van der Waals surface area contributed by atoms with Crippen LogP contribution in [0.3, 0.4) is 0 Å². The van der Waals surface area contributed by atoms with Crippen LogP contribution in [-0.4, -0.2) is 17.4 Å². The first-order valence-corrected chi connectivity index (χ1v) is 9.46. The maximum absolute atomic E-state index is 12.9. The van der Waals surface area contributed by atoms with E-state index >= 15 is 0 Å². The van der Waals surface area contributed by atoms with Crippen molar-refractivity contribution in [3.63, 3.8) is 0 Å². The number of hydrogen-bond acceptors (Lipinski definition) is 4. The summed E-state index contributed by atoms with van der Waals surface area (Å²) in [4.78, 5) is 16.3. The number of thiazole rings is 1. The highest BCUT2D eigenvalue weighted by molar-refractivity contribution is 7.09. The number of nitrogens with zero attached hydrogens (tertiary/aromatic N) is 1. The average Bonchev–Trinajstić information content (AvgIpc) is 3.19. The fraction of sp³-hybridized carbons (Fsp3) is 0.143. The lowest BCUT2D eigenvalue weighted by molar-refractivity contribution is -0.137. The molecule has 0 saturated heterocycles. The molecule has 0 unspecified atom stereocenters. The zero-order chi connectivity index (χ0) is 21.6. The van der Waals surface area contributed by atoms with E-state index in [2.05, 4.69) is 22.1 Å². The average molecular weight is 434 g/mol. The third-order valence-electron chi connectivity index (χ3n) is 3.72. The van der Waals surface area contributed by atoms with E-state index in [1.807, 2.05) is 0 Å². The van der Waals surface area contributed by atoms with Gasteiger partial charge in [-0.15, -0.1) is 11.3 Å². The van der Waals surface area contributed by atoms with Gasteiger partial charge >= 0.3 is 6.18 Å². The lowest BCUT2D eigenvalue weighted by Gasteiger charge is -2.05. The standard InChI is InChI=1S/C21H14F4N2O2S/c22-16-6-8-17(9-7-16)29-12-19-27-18(13-30-19)20(28)26-10-2-4-14-3-1-5-15(11-14)21(23,24)25/h1,3,5-9,11,13H,10,12H2,(H,26,28). The van der Waals surface area contributed by atoms with E-state index in [-0.39, 0.29) is 30.2 Å². The Balaban J connectivity index is 1.50. The van der Waals surface area contributed by atoms with E-state index < -0.39 is 17.6 Å². The van der Waals surface area contributed by atoms with E-state index in [4.69, 9.17) is 4.74 Å². The fourth-order valence-electron chi connectivity index (χ4n) is 2.29. The molecule has 2 aromatic carbocycles. The fourth-order valence-corrected chi connectivity index (χ4v) is 2.98. The first-order valence-electron chi connectivity index (χ1n) is 8.58. The van der Waals surface area contributed by atoms with Gasteiger partial charge in [0.15, 0.2) is 0 Å². The van der Waals surface area contributed by atoms with Crippen molar-refractivity contribution in [2.45, 2.75) is 12.8 Å². The molecular weight excluding hydrogens is 420 g/mol. The van der Waals surface area contributed by atoms with Crippen LogP contribution in [0.4, 0.5) is 17.6 Å². The number of halogens is 4. The molecule has 0 spiro atoms. The molecule has 30 heavy (non-hydrogen) atoms. The zero-order valence-electron chi connectivity index (χ0n) is 15.3. The van der Waals surface area contributed by atoms with Crippen LogP contribution in [0.2, 0.25) is 0 Å². The number of ether oxygens (including phenoxy) is 1. The molecule has 4 nitrogen and oxygen atoms in total. The molecular formula is C21H14F4N2O2S. The minimum absolute atomic E-state index is 0.0476. The van der Waals surface area contributed by atoms with Crippen molar-refractivity contribution in [2.75, 3.05) is 6.54 Å². The summed E-state index contributed by atoms with van der Waals surface area (Å²) < 4.78 is 56.4. The summed E-state index contributed by atoms with van der Waals surface area (Å²) in [6, 6.07) is 10.2. The summed E-state index contributed by atoms with van der Waals surface area (Å²) in [7, 11) is 0. The van der Waals surface area contributed by atoms with Crippen LogP contribution in [-0.2, 0) is 12.8 Å². The molecule has 0 atom stereocenters. The van der Waals surface area contributed by atoms with E-state index in [1.165, 1.54) is 47.7 Å². The first-order chi connectivity index (χ1) is 14.3. The van der Waals surface area contributed by atoms with Crippen molar-refractivity contribution in [3.05, 3.63) is 81.6 Å². The number of hydrogen-bond donors (Lipinski definition) is 1. The van der Waals surface area contributed by atoms with Crippen molar-refractivity contribution in [1.82, 2.24) is 10.3 Å². The van der Waals surface area contributed by atoms with Crippen LogP contribution >= 0.6 is 11.3 Å². The van der Waals surface area contributed by atoms with Gasteiger partial charge in [0.1, 0.15) is 28.9 Å². The Labute approximate surface area is 173 Å². The Morgan fingerprint density at radius 1 is 1.17 bits per heavy atom. The van der Waals surface area contributed by atoms with Crippen LogP contribution in [0.25, 0.3) is 0 Å². The summed E-state index contributed by atoms with van der Waals surface area (Å²) in [6.07, 6.45) is -4.44. The Morgan fingerprint density at radius 2 is 1.93 bits per heavy atom. The monoisotopic (exact) mass is 434 g/mol. The molecule has 1 N–H and O–H groups in total. The van der Waals surface area contributed by atoms with Crippen molar-refractivity contribution in [2.24, 2.45) is 0 Å². The smallest absolute Gasteiger partial charge is 0.416 e. The van der Waals surface area contributed by atoms with E-state index in [1.54, 1.807) is 5.38 Å². The van der Waals surface area contributed by atoms with Gasteiger partial charge in [-0.1, -0.05) is 17.9 Å². The molecule has 1 heterocycles. The number of carbonyl (C=O) groups is 1. The van der Waals surface area contributed by atoms with Gasteiger partial charge in [-0.25, -0.2) is 9.37 Å². The van der Waals surface area contributed by atoms with Crippen LogP contribution in [0.1, 0.15) is 26.6 Å². The van der Waals surface area contributed by atoms with Gasteiger partial charge < -0.3 is 10.1 Å². The van der Waals surface area contributed by atoms with Gasteiger partial charge in [0.2, 0.25) is 0 Å². The van der Waals surface area contributed by atoms with Crippen LogP contribution < -0.4 is 10.1 Å². The predicted octanol–water partition coefficient (Wildman–Crippen LogP) is 4.66. The predicted molar refractivity (Wildman–Crippen MR) is 104 cm³/mol. The number of alkyl halides is 3. The summed E-state index contributed by atoms with van der Waals surface area (Å²) in [5, 5.41) is 4.64. The molecule has 154 valence electrons. The molecule has 0 aliphatic carbocycles.